The first-order valence-corrected chi connectivity index (χ1v) is 7.79. The standard InChI is InChI=1S/C17H15IN2/c18-15-8-4-5-9-16(15)20-14-10-17(11-14,12-19)13-6-2-1-3-7-13/h1-9,14,20H,10-11H2. The Morgan fingerprint density at radius 3 is 2.35 bits per heavy atom. The summed E-state index contributed by atoms with van der Waals surface area (Å²) < 4.78 is 1.22. The molecule has 0 spiro atoms. The summed E-state index contributed by atoms with van der Waals surface area (Å²) in [5.74, 6) is 0. The van der Waals surface area contributed by atoms with Gasteiger partial charge in [0, 0.05) is 15.3 Å². The molecule has 3 rings (SSSR count). The highest BCUT2D eigenvalue weighted by molar-refractivity contribution is 14.1. The molecule has 100 valence electrons. The third kappa shape index (κ3) is 2.40. The number of nitrogens with zero attached hydrogens (tertiary/aromatic N) is 1. The van der Waals surface area contributed by atoms with Crippen LogP contribution in [0.2, 0.25) is 0 Å². The molecule has 1 aliphatic rings. The van der Waals surface area contributed by atoms with Gasteiger partial charge in [-0.25, -0.2) is 0 Å². The average Bonchev–Trinajstić information content (AvgIpc) is 2.45. The van der Waals surface area contributed by atoms with Gasteiger partial charge in [0.15, 0.2) is 0 Å². The third-order valence-corrected chi connectivity index (χ3v) is 4.90. The predicted molar refractivity (Wildman–Crippen MR) is 89.5 cm³/mol. The maximum atomic E-state index is 9.55. The van der Waals surface area contributed by atoms with E-state index in [2.05, 4.69) is 58.2 Å². The molecular weight excluding hydrogens is 359 g/mol. The van der Waals surface area contributed by atoms with Crippen LogP contribution >= 0.6 is 22.6 Å². The second kappa shape index (κ2) is 5.45. The van der Waals surface area contributed by atoms with E-state index >= 15 is 0 Å². The average molecular weight is 374 g/mol. The molecule has 20 heavy (non-hydrogen) atoms. The fourth-order valence-electron chi connectivity index (χ4n) is 2.83. The van der Waals surface area contributed by atoms with Crippen molar-refractivity contribution in [2.24, 2.45) is 0 Å². The van der Waals surface area contributed by atoms with Crippen LogP contribution in [0.4, 0.5) is 5.69 Å². The lowest BCUT2D eigenvalue weighted by atomic mass is 9.62. The van der Waals surface area contributed by atoms with E-state index in [0.29, 0.717) is 6.04 Å². The Bertz CT molecular complexity index is 640. The third-order valence-electron chi connectivity index (χ3n) is 3.96. The minimum atomic E-state index is -0.306. The van der Waals surface area contributed by atoms with E-state index in [4.69, 9.17) is 0 Å². The minimum absolute atomic E-state index is 0.306. The molecule has 0 atom stereocenters. The zero-order valence-corrected chi connectivity index (χ0v) is 13.2. The van der Waals surface area contributed by atoms with Crippen molar-refractivity contribution in [2.45, 2.75) is 24.3 Å². The van der Waals surface area contributed by atoms with E-state index in [1.54, 1.807) is 0 Å². The monoisotopic (exact) mass is 374 g/mol. The molecule has 0 aliphatic heterocycles. The summed E-state index contributed by atoms with van der Waals surface area (Å²) >= 11 is 2.34. The van der Waals surface area contributed by atoms with Crippen molar-refractivity contribution in [2.75, 3.05) is 5.32 Å². The number of anilines is 1. The van der Waals surface area contributed by atoms with Crippen molar-refractivity contribution in [1.29, 1.82) is 5.26 Å². The van der Waals surface area contributed by atoms with Crippen molar-refractivity contribution in [1.82, 2.24) is 0 Å². The van der Waals surface area contributed by atoms with Gasteiger partial charge in [-0.2, -0.15) is 5.26 Å². The number of para-hydroxylation sites is 1. The fraction of sp³-hybridized carbons (Fsp3) is 0.235. The van der Waals surface area contributed by atoms with Gasteiger partial charge in [0.1, 0.15) is 0 Å². The highest BCUT2D eigenvalue weighted by atomic mass is 127. The van der Waals surface area contributed by atoms with Crippen LogP contribution in [0.3, 0.4) is 0 Å². The summed E-state index contributed by atoms with van der Waals surface area (Å²) in [5.41, 5.74) is 2.00. The molecule has 0 aromatic heterocycles. The summed E-state index contributed by atoms with van der Waals surface area (Å²) in [6.07, 6.45) is 1.75. The van der Waals surface area contributed by atoms with Gasteiger partial charge in [0.25, 0.3) is 0 Å². The van der Waals surface area contributed by atoms with Gasteiger partial charge in [-0.05, 0) is 53.1 Å². The molecule has 2 aromatic rings. The summed E-state index contributed by atoms with van der Waals surface area (Å²) in [6, 6.07) is 21.3. The van der Waals surface area contributed by atoms with E-state index in [1.165, 1.54) is 3.57 Å². The predicted octanol–water partition coefficient (Wildman–Crippen LogP) is 4.33. The van der Waals surface area contributed by atoms with E-state index in [0.717, 1.165) is 24.1 Å². The first kappa shape index (κ1) is 13.4. The van der Waals surface area contributed by atoms with Crippen molar-refractivity contribution in [3.8, 4) is 6.07 Å². The lowest BCUT2D eigenvalue weighted by molar-refractivity contribution is 0.289. The number of hydrogen-bond donors (Lipinski definition) is 1. The molecule has 2 aromatic carbocycles. The van der Waals surface area contributed by atoms with Crippen LogP contribution in [0.1, 0.15) is 18.4 Å². The molecule has 3 heteroatoms. The Morgan fingerprint density at radius 1 is 1.05 bits per heavy atom. The molecule has 0 saturated heterocycles. The van der Waals surface area contributed by atoms with Gasteiger partial charge >= 0.3 is 0 Å². The van der Waals surface area contributed by atoms with Gasteiger partial charge in [-0.1, -0.05) is 42.5 Å². The van der Waals surface area contributed by atoms with Crippen molar-refractivity contribution in [3.05, 3.63) is 63.7 Å². The second-order valence-electron chi connectivity index (χ2n) is 5.29. The Labute approximate surface area is 133 Å². The summed E-state index contributed by atoms with van der Waals surface area (Å²) in [6.45, 7) is 0. The van der Waals surface area contributed by atoms with E-state index in [-0.39, 0.29) is 5.41 Å². The van der Waals surface area contributed by atoms with Crippen LogP contribution in [0.25, 0.3) is 0 Å². The number of rotatable bonds is 3. The maximum Gasteiger partial charge on any atom is 0.0861 e. The van der Waals surface area contributed by atoms with Gasteiger partial charge < -0.3 is 5.32 Å². The molecule has 1 saturated carbocycles. The summed E-state index contributed by atoms with van der Waals surface area (Å²) in [4.78, 5) is 0. The molecule has 0 radical (unpaired) electrons. The molecule has 2 nitrogen and oxygen atoms in total. The molecule has 1 N–H and O–H groups in total. The van der Waals surface area contributed by atoms with Gasteiger partial charge in [0.2, 0.25) is 0 Å². The van der Waals surface area contributed by atoms with Crippen LogP contribution < -0.4 is 5.32 Å². The molecular formula is C17H15IN2. The quantitative estimate of drug-likeness (QED) is 0.812. The SMILES string of the molecule is N#CC1(c2ccccc2)CC(Nc2ccccc2I)C1. The normalized spacial score (nSPS) is 24.5. The minimum Gasteiger partial charge on any atom is -0.381 e. The number of benzene rings is 2. The van der Waals surface area contributed by atoms with Gasteiger partial charge in [0.05, 0.1) is 11.5 Å². The molecule has 0 heterocycles. The van der Waals surface area contributed by atoms with Crippen LogP contribution in [-0.4, -0.2) is 6.04 Å². The molecule has 1 fully saturated rings. The second-order valence-corrected chi connectivity index (χ2v) is 6.45. The number of hydrogen-bond acceptors (Lipinski definition) is 2. The first-order chi connectivity index (χ1) is 9.73. The number of nitrogens with one attached hydrogen (secondary N) is 1. The van der Waals surface area contributed by atoms with Crippen molar-refractivity contribution < 1.29 is 0 Å². The van der Waals surface area contributed by atoms with Gasteiger partial charge in [-0.3, -0.25) is 0 Å². The first-order valence-electron chi connectivity index (χ1n) is 6.71. The maximum absolute atomic E-state index is 9.55. The molecule has 0 bridgehead atoms. The number of halogens is 1. The van der Waals surface area contributed by atoms with E-state index in [1.807, 2.05) is 30.3 Å². The number of nitriles is 1. The summed E-state index contributed by atoms with van der Waals surface area (Å²) in [5, 5.41) is 13.1. The van der Waals surface area contributed by atoms with Crippen molar-refractivity contribution in [3.63, 3.8) is 0 Å². The molecule has 0 unspecified atom stereocenters. The lowest BCUT2D eigenvalue weighted by Crippen LogP contribution is -2.47. The summed E-state index contributed by atoms with van der Waals surface area (Å²) in [7, 11) is 0. The highest BCUT2D eigenvalue weighted by Gasteiger charge is 2.46. The zero-order valence-electron chi connectivity index (χ0n) is 11.0. The Balaban J connectivity index is 1.72. The molecule has 0 amide bonds. The van der Waals surface area contributed by atoms with E-state index in [9.17, 15) is 5.26 Å². The van der Waals surface area contributed by atoms with E-state index < -0.39 is 0 Å². The largest absolute Gasteiger partial charge is 0.381 e. The van der Waals surface area contributed by atoms with Crippen LogP contribution in [-0.2, 0) is 5.41 Å². The Hall–Kier alpha value is -1.54. The lowest BCUT2D eigenvalue weighted by Gasteiger charge is -2.43. The zero-order chi connectivity index (χ0) is 14.0. The molecule has 1 aliphatic carbocycles. The van der Waals surface area contributed by atoms with Crippen LogP contribution in [0, 0.1) is 14.9 Å². The Kier molecular flexibility index (Phi) is 3.66. The highest BCUT2D eigenvalue weighted by Crippen LogP contribution is 2.44. The van der Waals surface area contributed by atoms with Crippen LogP contribution in [0.5, 0.6) is 0 Å². The Morgan fingerprint density at radius 2 is 1.70 bits per heavy atom. The fourth-order valence-corrected chi connectivity index (χ4v) is 3.37. The van der Waals surface area contributed by atoms with Gasteiger partial charge in [-0.15, -0.1) is 0 Å². The smallest absolute Gasteiger partial charge is 0.0861 e. The topological polar surface area (TPSA) is 35.8 Å². The van der Waals surface area contributed by atoms with Crippen LogP contribution in [0.15, 0.2) is 54.6 Å². The van der Waals surface area contributed by atoms with Crippen molar-refractivity contribution >= 4 is 28.3 Å².